The molecule has 21 heavy (non-hydrogen) atoms. The molecule has 0 bridgehead atoms. The molecule has 1 unspecified atom stereocenters. The highest BCUT2D eigenvalue weighted by molar-refractivity contribution is 6.01. The van der Waals surface area contributed by atoms with Crippen LogP contribution < -0.4 is 4.74 Å². The van der Waals surface area contributed by atoms with Crippen LogP contribution in [-0.4, -0.2) is 43.5 Å². The van der Waals surface area contributed by atoms with E-state index in [2.05, 4.69) is 22.2 Å². The third-order valence-corrected chi connectivity index (χ3v) is 4.32. The molecule has 2 aliphatic rings. The lowest BCUT2D eigenvalue weighted by atomic mass is 10.0. The van der Waals surface area contributed by atoms with Crippen molar-refractivity contribution in [3.63, 3.8) is 0 Å². The van der Waals surface area contributed by atoms with Gasteiger partial charge in [-0.25, -0.2) is 0 Å². The van der Waals surface area contributed by atoms with Crippen LogP contribution in [-0.2, 0) is 4.84 Å². The standard InChI is InChI=1S/C17H24N2O2/c1-20-15-8-6-14(7-9-15)17-12-16(21-18-17)13-19-10-4-2-3-5-11-19/h6-9,16H,2-5,10-13H2,1H3. The molecule has 1 aromatic rings. The highest BCUT2D eigenvalue weighted by atomic mass is 16.6. The average Bonchev–Trinajstić information content (AvgIpc) is 2.83. The molecule has 0 N–H and O–H groups in total. The summed E-state index contributed by atoms with van der Waals surface area (Å²) in [7, 11) is 1.68. The van der Waals surface area contributed by atoms with E-state index in [0.29, 0.717) is 0 Å². The molecule has 2 heterocycles. The summed E-state index contributed by atoms with van der Waals surface area (Å²) in [6.07, 6.45) is 6.49. The Bertz CT molecular complexity index is 476. The minimum Gasteiger partial charge on any atom is -0.497 e. The van der Waals surface area contributed by atoms with E-state index < -0.39 is 0 Å². The lowest BCUT2D eigenvalue weighted by Gasteiger charge is -2.22. The van der Waals surface area contributed by atoms with Crippen molar-refractivity contribution in [1.29, 1.82) is 0 Å². The molecule has 1 saturated heterocycles. The third-order valence-electron chi connectivity index (χ3n) is 4.32. The number of nitrogens with zero attached hydrogens (tertiary/aromatic N) is 2. The first kappa shape index (κ1) is 14.4. The van der Waals surface area contributed by atoms with Crippen molar-refractivity contribution < 1.29 is 9.57 Å². The van der Waals surface area contributed by atoms with Crippen LogP contribution in [0, 0.1) is 0 Å². The Morgan fingerprint density at radius 3 is 2.52 bits per heavy atom. The van der Waals surface area contributed by atoms with E-state index in [4.69, 9.17) is 9.57 Å². The smallest absolute Gasteiger partial charge is 0.145 e. The number of rotatable bonds is 4. The molecule has 0 saturated carbocycles. The minimum atomic E-state index is 0.209. The maximum atomic E-state index is 5.64. The van der Waals surface area contributed by atoms with Crippen molar-refractivity contribution in [3.05, 3.63) is 29.8 Å². The second-order valence-electron chi connectivity index (χ2n) is 5.91. The molecule has 0 spiro atoms. The predicted molar refractivity (Wildman–Crippen MR) is 83.9 cm³/mol. The lowest BCUT2D eigenvalue weighted by Crippen LogP contribution is -2.33. The zero-order valence-electron chi connectivity index (χ0n) is 12.8. The fourth-order valence-electron chi connectivity index (χ4n) is 3.09. The second-order valence-corrected chi connectivity index (χ2v) is 5.91. The van der Waals surface area contributed by atoms with Gasteiger partial charge in [-0.1, -0.05) is 18.0 Å². The fraction of sp³-hybridized carbons (Fsp3) is 0.588. The summed E-state index contributed by atoms with van der Waals surface area (Å²) in [5.74, 6) is 0.874. The highest BCUT2D eigenvalue weighted by Crippen LogP contribution is 2.21. The second kappa shape index (κ2) is 6.94. The molecule has 0 aromatic heterocycles. The van der Waals surface area contributed by atoms with Crippen LogP contribution >= 0.6 is 0 Å². The first-order valence-electron chi connectivity index (χ1n) is 7.94. The Hall–Kier alpha value is -1.55. The Balaban J connectivity index is 1.54. The molecule has 4 heteroatoms. The largest absolute Gasteiger partial charge is 0.497 e. The quantitative estimate of drug-likeness (QED) is 0.854. The summed E-state index contributed by atoms with van der Waals surface area (Å²) < 4.78 is 5.19. The molecule has 3 rings (SSSR count). The van der Waals surface area contributed by atoms with Crippen LogP contribution in [0.1, 0.15) is 37.7 Å². The number of likely N-dealkylation sites (tertiary alicyclic amines) is 1. The van der Waals surface area contributed by atoms with Crippen molar-refractivity contribution in [1.82, 2.24) is 4.90 Å². The number of hydrogen-bond acceptors (Lipinski definition) is 4. The van der Waals surface area contributed by atoms with E-state index in [-0.39, 0.29) is 6.10 Å². The van der Waals surface area contributed by atoms with E-state index in [1.54, 1.807) is 7.11 Å². The van der Waals surface area contributed by atoms with Crippen LogP contribution in [0.2, 0.25) is 0 Å². The van der Waals surface area contributed by atoms with Crippen LogP contribution in [0.25, 0.3) is 0 Å². The molecular weight excluding hydrogens is 264 g/mol. The third kappa shape index (κ3) is 3.76. The molecule has 0 radical (unpaired) electrons. The van der Waals surface area contributed by atoms with Gasteiger partial charge < -0.3 is 9.57 Å². The Morgan fingerprint density at radius 2 is 1.86 bits per heavy atom. The highest BCUT2D eigenvalue weighted by Gasteiger charge is 2.24. The molecule has 114 valence electrons. The number of methoxy groups -OCH3 is 1. The van der Waals surface area contributed by atoms with Crippen molar-refractivity contribution in [2.75, 3.05) is 26.7 Å². The van der Waals surface area contributed by atoms with Crippen molar-refractivity contribution in [2.24, 2.45) is 5.16 Å². The molecule has 1 aromatic carbocycles. The molecule has 0 aliphatic carbocycles. The van der Waals surface area contributed by atoms with Gasteiger partial charge in [0.1, 0.15) is 11.9 Å². The lowest BCUT2D eigenvalue weighted by molar-refractivity contribution is 0.0535. The van der Waals surface area contributed by atoms with Gasteiger partial charge in [0.25, 0.3) is 0 Å². The first-order chi connectivity index (χ1) is 10.3. The van der Waals surface area contributed by atoms with Gasteiger partial charge in [-0.05, 0) is 55.8 Å². The summed E-state index contributed by atoms with van der Waals surface area (Å²) in [6, 6.07) is 8.05. The molecule has 1 atom stereocenters. The zero-order valence-corrected chi connectivity index (χ0v) is 12.8. The predicted octanol–water partition coefficient (Wildman–Crippen LogP) is 3.06. The van der Waals surface area contributed by atoms with Gasteiger partial charge in [0.2, 0.25) is 0 Å². The van der Waals surface area contributed by atoms with Gasteiger partial charge in [0.05, 0.1) is 12.8 Å². The maximum absolute atomic E-state index is 5.64. The number of benzene rings is 1. The summed E-state index contributed by atoms with van der Waals surface area (Å²) >= 11 is 0. The maximum Gasteiger partial charge on any atom is 0.145 e. The van der Waals surface area contributed by atoms with Gasteiger partial charge >= 0.3 is 0 Å². The Morgan fingerprint density at radius 1 is 1.14 bits per heavy atom. The van der Waals surface area contributed by atoms with Gasteiger partial charge in [-0.15, -0.1) is 0 Å². The van der Waals surface area contributed by atoms with E-state index in [1.165, 1.54) is 38.8 Å². The SMILES string of the molecule is COc1ccc(C2=NOC(CN3CCCCCC3)C2)cc1. The monoisotopic (exact) mass is 288 g/mol. The number of ether oxygens (including phenoxy) is 1. The van der Waals surface area contributed by atoms with E-state index >= 15 is 0 Å². The van der Waals surface area contributed by atoms with Gasteiger partial charge in [-0.2, -0.15) is 0 Å². The Labute approximate surface area is 126 Å². The van der Waals surface area contributed by atoms with Crippen LogP contribution in [0.5, 0.6) is 5.75 Å². The summed E-state index contributed by atoms with van der Waals surface area (Å²) in [4.78, 5) is 8.17. The summed E-state index contributed by atoms with van der Waals surface area (Å²) in [6.45, 7) is 3.42. The topological polar surface area (TPSA) is 34.1 Å². The van der Waals surface area contributed by atoms with Crippen molar-refractivity contribution >= 4 is 5.71 Å². The first-order valence-corrected chi connectivity index (χ1v) is 7.94. The van der Waals surface area contributed by atoms with Gasteiger partial charge in [-0.3, -0.25) is 4.90 Å². The number of oxime groups is 1. The van der Waals surface area contributed by atoms with Crippen LogP contribution in [0.15, 0.2) is 29.4 Å². The Kier molecular flexibility index (Phi) is 4.76. The van der Waals surface area contributed by atoms with Crippen LogP contribution in [0.3, 0.4) is 0 Å². The van der Waals surface area contributed by atoms with E-state index in [0.717, 1.165) is 30.0 Å². The van der Waals surface area contributed by atoms with Crippen LogP contribution in [0.4, 0.5) is 0 Å². The minimum absolute atomic E-state index is 0.209. The molecule has 1 fully saturated rings. The van der Waals surface area contributed by atoms with Crippen molar-refractivity contribution in [2.45, 2.75) is 38.2 Å². The molecule has 0 amide bonds. The van der Waals surface area contributed by atoms with Gasteiger partial charge in [0, 0.05) is 13.0 Å². The van der Waals surface area contributed by atoms with Gasteiger partial charge in [0.15, 0.2) is 0 Å². The number of hydrogen-bond donors (Lipinski definition) is 0. The van der Waals surface area contributed by atoms with E-state index in [9.17, 15) is 0 Å². The molecular formula is C17H24N2O2. The normalized spacial score (nSPS) is 23.3. The molecule has 2 aliphatic heterocycles. The molecule has 4 nitrogen and oxygen atoms in total. The summed E-state index contributed by atoms with van der Waals surface area (Å²) in [5, 5.41) is 4.28. The average molecular weight is 288 g/mol. The fourth-order valence-corrected chi connectivity index (χ4v) is 3.09. The zero-order chi connectivity index (χ0) is 14.5. The summed E-state index contributed by atoms with van der Waals surface area (Å²) in [5.41, 5.74) is 2.19. The van der Waals surface area contributed by atoms with E-state index in [1.807, 2.05) is 12.1 Å². The van der Waals surface area contributed by atoms with Crippen molar-refractivity contribution in [3.8, 4) is 5.75 Å².